The van der Waals surface area contributed by atoms with Crippen LogP contribution in [0.25, 0.3) is 0 Å². The summed E-state index contributed by atoms with van der Waals surface area (Å²) in [5.74, 6) is 1.40. The SMILES string of the molecule is CC(C)CCN(C)C(=O)C1CCCCC1.CNCCN(C)Cc1cn[nH]c1. The lowest BCUT2D eigenvalue weighted by molar-refractivity contribution is -0.135. The topological polar surface area (TPSA) is 64.3 Å². The van der Waals surface area contributed by atoms with Crippen LogP contribution in [-0.4, -0.2) is 66.7 Å². The second kappa shape index (κ2) is 13.7. The van der Waals surface area contributed by atoms with Gasteiger partial charge in [0.2, 0.25) is 5.91 Å². The van der Waals surface area contributed by atoms with Gasteiger partial charge in [0, 0.05) is 50.9 Å². The van der Waals surface area contributed by atoms with E-state index in [0.29, 0.717) is 17.7 Å². The number of amides is 1. The molecule has 156 valence electrons. The van der Waals surface area contributed by atoms with Crippen molar-refractivity contribution >= 4 is 5.91 Å². The molecule has 1 heterocycles. The molecule has 0 radical (unpaired) electrons. The molecule has 0 saturated heterocycles. The fraction of sp³-hybridized carbons (Fsp3) is 0.810. The van der Waals surface area contributed by atoms with Crippen LogP contribution in [0.2, 0.25) is 0 Å². The largest absolute Gasteiger partial charge is 0.346 e. The number of aromatic nitrogens is 2. The lowest BCUT2D eigenvalue weighted by Crippen LogP contribution is -2.35. The second-order valence-electron chi connectivity index (χ2n) is 8.23. The van der Waals surface area contributed by atoms with Gasteiger partial charge in [-0.15, -0.1) is 0 Å². The molecule has 2 rings (SSSR count). The number of nitrogens with zero attached hydrogens (tertiary/aromatic N) is 3. The van der Waals surface area contributed by atoms with Crippen molar-refractivity contribution in [3.8, 4) is 0 Å². The van der Waals surface area contributed by atoms with E-state index in [1.807, 2.05) is 31.4 Å². The fourth-order valence-electron chi connectivity index (χ4n) is 3.28. The number of carbonyl (C=O) groups is 1. The summed E-state index contributed by atoms with van der Waals surface area (Å²) in [6.07, 6.45) is 10.9. The van der Waals surface area contributed by atoms with E-state index in [2.05, 4.69) is 41.3 Å². The third-order valence-electron chi connectivity index (χ3n) is 5.12. The van der Waals surface area contributed by atoms with Crippen LogP contribution < -0.4 is 5.32 Å². The standard InChI is InChI=1S/C13H25NO.C8H16N4/c1-11(2)9-10-14(3)13(15)12-7-5-4-6-8-12;1-9-3-4-12(2)7-8-5-10-11-6-8/h11-12H,4-10H2,1-3H3;5-6,9H,3-4,7H2,1-2H3,(H,10,11). The van der Waals surface area contributed by atoms with Crippen molar-refractivity contribution in [2.45, 2.75) is 58.9 Å². The van der Waals surface area contributed by atoms with Crippen LogP contribution >= 0.6 is 0 Å². The predicted octanol–water partition coefficient (Wildman–Crippen LogP) is 3.13. The summed E-state index contributed by atoms with van der Waals surface area (Å²) in [5.41, 5.74) is 1.23. The van der Waals surface area contributed by atoms with E-state index in [1.165, 1.54) is 24.8 Å². The van der Waals surface area contributed by atoms with Gasteiger partial charge in [0.1, 0.15) is 0 Å². The fourth-order valence-corrected chi connectivity index (χ4v) is 3.28. The van der Waals surface area contributed by atoms with E-state index in [9.17, 15) is 4.79 Å². The first-order valence-electron chi connectivity index (χ1n) is 10.5. The van der Waals surface area contributed by atoms with Crippen LogP contribution in [0.15, 0.2) is 12.4 Å². The Kier molecular flexibility index (Phi) is 12.0. The van der Waals surface area contributed by atoms with Gasteiger partial charge in [0.15, 0.2) is 0 Å². The normalized spacial score (nSPS) is 14.9. The highest BCUT2D eigenvalue weighted by molar-refractivity contribution is 5.78. The van der Waals surface area contributed by atoms with Crippen LogP contribution in [0.1, 0.15) is 57.9 Å². The van der Waals surface area contributed by atoms with Crippen molar-refractivity contribution in [3.05, 3.63) is 18.0 Å². The Bertz CT molecular complexity index is 483. The maximum atomic E-state index is 12.0. The first-order chi connectivity index (χ1) is 12.9. The predicted molar refractivity (Wildman–Crippen MR) is 113 cm³/mol. The third kappa shape index (κ3) is 10.5. The maximum Gasteiger partial charge on any atom is 0.225 e. The molecule has 1 fully saturated rings. The quantitative estimate of drug-likeness (QED) is 0.692. The lowest BCUT2D eigenvalue weighted by atomic mass is 9.88. The number of hydrogen-bond acceptors (Lipinski definition) is 4. The molecular formula is C21H41N5O. The van der Waals surface area contributed by atoms with Gasteiger partial charge in [-0.2, -0.15) is 5.10 Å². The Morgan fingerprint density at radius 2 is 1.96 bits per heavy atom. The second-order valence-corrected chi connectivity index (χ2v) is 8.23. The lowest BCUT2D eigenvalue weighted by Gasteiger charge is -2.26. The average molecular weight is 380 g/mol. The zero-order valence-electron chi connectivity index (χ0n) is 18.1. The summed E-state index contributed by atoms with van der Waals surface area (Å²) in [6, 6.07) is 0. The van der Waals surface area contributed by atoms with Crippen LogP contribution in [0.5, 0.6) is 0 Å². The van der Waals surface area contributed by atoms with Gasteiger partial charge in [-0.1, -0.05) is 33.1 Å². The van der Waals surface area contributed by atoms with Gasteiger partial charge >= 0.3 is 0 Å². The molecule has 0 bridgehead atoms. The monoisotopic (exact) mass is 379 g/mol. The number of carbonyl (C=O) groups excluding carboxylic acids is 1. The molecule has 0 aromatic carbocycles. The minimum Gasteiger partial charge on any atom is -0.346 e. The molecule has 6 nitrogen and oxygen atoms in total. The molecule has 1 aliphatic rings. The number of nitrogens with one attached hydrogen (secondary N) is 2. The van der Waals surface area contributed by atoms with Gasteiger partial charge in [0.05, 0.1) is 6.20 Å². The Morgan fingerprint density at radius 3 is 2.52 bits per heavy atom. The van der Waals surface area contributed by atoms with Gasteiger partial charge in [0.25, 0.3) is 0 Å². The zero-order chi connectivity index (χ0) is 20.1. The maximum absolute atomic E-state index is 12.0. The molecule has 1 aliphatic carbocycles. The summed E-state index contributed by atoms with van der Waals surface area (Å²) in [6.45, 7) is 8.37. The summed E-state index contributed by atoms with van der Waals surface area (Å²) in [4.78, 5) is 16.2. The Labute approximate surface area is 166 Å². The van der Waals surface area contributed by atoms with Crippen molar-refractivity contribution in [1.29, 1.82) is 0 Å². The minimum absolute atomic E-state index is 0.330. The van der Waals surface area contributed by atoms with E-state index in [4.69, 9.17) is 0 Å². The van der Waals surface area contributed by atoms with Gasteiger partial charge in [-0.3, -0.25) is 9.89 Å². The molecule has 0 spiro atoms. The summed E-state index contributed by atoms with van der Waals surface area (Å²) in [7, 11) is 6.02. The van der Waals surface area contributed by atoms with E-state index >= 15 is 0 Å². The zero-order valence-corrected chi connectivity index (χ0v) is 18.1. The van der Waals surface area contributed by atoms with Crippen molar-refractivity contribution in [3.63, 3.8) is 0 Å². The molecule has 0 aliphatic heterocycles. The molecule has 1 aromatic rings. The van der Waals surface area contributed by atoms with Crippen LogP contribution in [-0.2, 0) is 11.3 Å². The summed E-state index contributed by atoms with van der Waals surface area (Å²) < 4.78 is 0. The molecule has 1 aromatic heterocycles. The Morgan fingerprint density at radius 1 is 1.26 bits per heavy atom. The van der Waals surface area contributed by atoms with Crippen LogP contribution in [0, 0.1) is 11.8 Å². The number of hydrogen-bond donors (Lipinski definition) is 2. The number of rotatable bonds is 9. The van der Waals surface area contributed by atoms with E-state index in [0.717, 1.165) is 45.4 Å². The number of aromatic amines is 1. The smallest absolute Gasteiger partial charge is 0.225 e. The number of likely N-dealkylation sites (N-methyl/N-ethyl adjacent to an activating group) is 2. The van der Waals surface area contributed by atoms with Crippen LogP contribution in [0.3, 0.4) is 0 Å². The van der Waals surface area contributed by atoms with Crippen molar-refractivity contribution in [2.75, 3.05) is 40.8 Å². The van der Waals surface area contributed by atoms with Crippen molar-refractivity contribution < 1.29 is 4.79 Å². The minimum atomic E-state index is 0.330. The third-order valence-corrected chi connectivity index (χ3v) is 5.12. The molecule has 1 amide bonds. The Balaban J connectivity index is 0.000000277. The van der Waals surface area contributed by atoms with Crippen LogP contribution in [0.4, 0.5) is 0 Å². The molecule has 0 atom stereocenters. The first-order valence-corrected chi connectivity index (χ1v) is 10.5. The van der Waals surface area contributed by atoms with Gasteiger partial charge < -0.3 is 15.1 Å². The highest BCUT2D eigenvalue weighted by Gasteiger charge is 2.23. The van der Waals surface area contributed by atoms with Crippen molar-refractivity contribution in [2.24, 2.45) is 11.8 Å². The molecule has 27 heavy (non-hydrogen) atoms. The van der Waals surface area contributed by atoms with Gasteiger partial charge in [-0.25, -0.2) is 0 Å². The molecule has 1 saturated carbocycles. The summed E-state index contributed by atoms with van der Waals surface area (Å²) >= 11 is 0. The van der Waals surface area contributed by atoms with E-state index in [-0.39, 0.29) is 0 Å². The molecule has 0 unspecified atom stereocenters. The first kappa shape index (κ1) is 23.6. The van der Waals surface area contributed by atoms with E-state index < -0.39 is 0 Å². The highest BCUT2D eigenvalue weighted by Crippen LogP contribution is 2.25. The number of H-pyrrole nitrogens is 1. The Hall–Kier alpha value is -1.40. The average Bonchev–Trinajstić information content (AvgIpc) is 3.18. The molecule has 6 heteroatoms. The van der Waals surface area contributed by atoms with Crippen molar-refractivity contribution in [1.82, 2.24) is 25.3 Å². The highest BCUT2D eigenvalue weighted by atomic mass is 16.2. The summed E-state index contributed by atoms with van der Waals surface area (Å²) in [5, 5.41) is 9.80. The molecule has 2 N–H and O–H groups in total. The van der Waals surface area contributed by atoms with E-state index in [1.54, 1.807) is 0 Å². The van der Waals surface area contributed by atoms with Gasteiger partial charge in [-0.05, 0) is 39.3 Å². The molecular weight excluding hydrogens is 338 g/mol.